The maximum Gasteiger partial charge on any atom is 0.408 e. The molecule has 0 aromatic heterocycles. The van der Waals surface area contributed by atoms with Gasteiger partial charge in [-0.1, -0.05) is 12.1 Å². The summed E-state index contributed by atoms with van der Waals surface area (Å²) in [7, 11) is 0. The highest BCUT2D eigenvalue weighted by molar-refractivity contribution is 5.87. The van der Waals surface area contributed by atoms with E-state index in [1.807, 2.05) is 6.07 Å². The van der Waals surface area contributed by atoms with Gasteiger partial charge in [0, 0.05) is 0 Å². The number of hydrogen-bond acceptors (Lipinski definition) is 4. The van der Waals surface area contributed by atoms with E-state index in [4.69, 9.17) is 10.00 Å². The molecule has 2 amide bonds. The summed E-state index contributed by atoms with van der Waals surface area (Å²) in [5.74, 6) is -0.303. The van der Waals surface area contributed by atoms with Gasteiger partial charge < -0.3 is 15.4 Å². The van der Waals surface area contributed by atoms with Gasteiger partial charge in [-0.05, 0) is 30.5 Å². The van der Waals surface area contributed by atoms with Crippen LogP contribution in [0.1, 0.15) is 24.0 Å². The van der Waals surface area contributed by atoms with Crippen LogP contribution >= 0.6 is 0 Å². The van der Waals surface area contributed by atoms with Crippen molar-refractivity contribution in [2.45, 2.75) is 24.5 Å². The van der Waals surface area contributed by atoms with Crippen molar-refractivity contribution < 1.29 is 14.3 Å². The maximum absolute atomic E-state index is 12.1. The Morgan fingerprint density at radius 1 is 1.50 bits per heavy atom. The molecule has 2 aliphatic rings. The number of carbonyl (C=O) groups excluding carboxylic acids is 2. The molecule has 1 aliphatic carbocycles. The number of nitriles is 1. The molecule has 6 heteroatoms. The van der Waals surface area contributed by atoms with Crippen molar-refractivity contribution in [3.05, 3.63) is 35.4 Å². The molecule has 1 aromatic carbocycles. The molecule has 2 fully saturated rings. The van der Waals surface area contributed by atoms with E-state index in [1.54, 1.807) is 18.2 Å². The molecule has 1 aliphatic heterocycles. The Morgan fingerprint density at radius 3 is 2.90 bits per heavy atom. The maximum atomic E-state index is 12.1. The lowest BCUT2D eigenvalue weighted by Crippen LogP contribution is -2.43. The standard InChI is InChI=1S/C14H13N3O3/c15-7-9-2-1-3-10(6-9)14(4-5-14)17-12(18)11-8-16-13(19)20-11/h1-3,6,11H,4-5,8H2,(H,16,19)(H,17,18)/t11-/m0/s1. The average Bonchev–Trinajstić information content (AvgIpc) is 3.11. The van der Waals surface area contributed by atoms with Gasteiger partial charge >= 0.3 is 6.09 Å². The summed E-state index contributed by atoms with van der Waals surface area (Å²) < 4.78 is 4.86. The third-order valence-electron chi connectivity index (χ3n) is 3.63. The first-order valence-electron chi connectivity index (χ1n) is 6.40. The summed E-state index contributed by atoms with van der Waals surface area (Å²) in [5.41, 5.74) is 1.07. The summed E-state index contributed by atoms with van der Waals surface area (Å²) in [6.45, 7) is 0.193. The van der Waals surface area contributed by atoms with Gasteiger partial charge in [0.2, 0.25) is 0 Å². The fourth-order valence-corrected chi connectivity index (χ4v) is 2.35. The van der Waals surface area contributed by atoms with Crippen molar-refractivity contribution in [1.29, 1.82) is 5.26 Å². The third kappa shape index (κ3) is 2.18. The highest BCUT2D eigenvalue weighted by atomic mass is 16.6. The molecular weight excluding hydrogens is 258 g/mol. The molecule has 3 rings (SSSR count). The van der Waals surface area contributed by atoms with E-state index in [-0.39, 0.29) is 12.5 Å². The quantitative estimate of drug-likeness (QED) is 0.849. The van der Waals surface area contributed by atoms with Crippen LogP contribution in [0, 0.1) is 11.3 Å². The summed E-state index contributed by atoms with van der Waals surface area (Å²) in [4.78, 5) is 23.0. The van der Waals surface area contributed by atoms with E-state index < -0.39 is 17.7 Å². The minimum Gasteiger partial charge on any atom is -0.434 e. The van der Waals surface area contributed by atoms with Crippen LogP contribution in [0.4, 0.5) is 4.79 Å². The molecule has 1 saturated heterocycles. The topological polar surface area (TPSA) is 91.2 Å². The largest absolute Gasteiger partial charge is 0.434 e. The molecule has 102 valence electrons. The Kier molecular flexibility index (Phi) is 2.83. The van der Waals surface area contributed by atoms with E-state index in [0.717, 1.165) is 18.4 Å². The van der Waals surface area contributed by atoms with Gasteiger partial charge in [-0.15, -0.1) is 0 Å². The molecule has 1 atom stereocenters. The Bertz CT molecular complexity index is 616. The molecule has 1 heterocycles. The molecule has 0 bridgehead atoms. The highest BCUT2D eigenvalue weighted by Gasteiger charge is 2.47. The molecule has 1 aromatic rings. The summed E-state index contributed by atoms with van der Waals surface area (Å²) in [6.07, 6.45) is 0.296. The number of cyclic esters (lactones) is 1. The van der Waals surface area contributed by atoms with Gasteiger partial charge in [0.05, 0.1) is 23.7 Å². The molecular formula is C14H13N3O3. The summed E-state index contributed by atoms with van der Waals surface area (Å²) >= 11 is 0. The Balaban J connectivity index is 1.74. The van der Waals surface area contributed by atoms with Gasteiger partial charge in [0.15, 0.2) is 6.10 Å². The molecule has 6 nitrogen and oxygen atoms in total. The number of ether oxygens (including phenoxy) is 1. The van der Waals surface area contributed by atoms with Crippen LogP contribution in [0.3, 0.4) is 0 Å². The van der Waals surface area contributed by atoms with E-state index in [0.29, 0.717) is 5.56 Å². The Labute approximate surface area is 115 Å². The van der Waals surface area contributed by atoms with E-state index in [2.05, 4.69) is 16.7 Å². The number of hydrogen-bond donors (Lipinski definition) is 2. The van der Waals surface area contributed by atoms with Crippen LogP contribution in [0.25, 0.3) is 0 Å². The smallest absolute Gasteiger partial charge is 0.408 e. The predicted molar refractivity (Wildman–Crippen MR) is 68.5 cm³/mol. The molecule has 0 unspecified atom stereocenters. The lowest BCUT2D eigenvalue weighted by molar-refractivity contribution is -0.128. The number of rotatable bonds is 3. The van der Waals surface area contributed by atoms with Crippen molar-refractivity contribution in [3.63, 3.8) is 0 Å². The average molecular weight is 271 g/mol. The first kappa shape index (κ1) is 12.5. The lowest BCUT2D eigenvalue weighted by atomic mass is 10.0. The Hall–Kier alpha value is -2.55. The minimum atomic E-state index is -0.779. The zero-order valence-corrected chi connectivity index (χ0v) is 10.7. The van der Waals surface area contributed by atoms with Crippen molar-refractivity contribution in [2.24, 2.45) is 0 Å². The SMILES string of the molecule is N#Cc1cccc(C2(NC(=O)[C@@H]3CNC(=O)O3)CC2)c1. The van der Waals surface area contributed by atoms with Crippen LogP contribution in [0.5, 0.6) is 0 Å². The van der Waals surface area contributed by atoms with Crippen molar-refractivity contribution in [2.75, 3.05) is 6.54 Å². The van der Waals surface area contributed by atoms with Gasteiger partial charge in [-0.25, -0.2) is 4.79 Å². The molecule has 0 radical (unpaired) electrons. The van der Waals surface area contributed by atoms with Gasteiger partial charge in [0.25, 0.3) is 5.91 Å². The molecule has 2 N–H and O–H groups in total. The molecule has 20 heavy (non-hydrogen) atoms. The normalized spacial score (nSPS) is 22.4. The van der Waals surface area contributed by atoms with Crippen molar-refractivity contribution in [3.8, 4) is 6.07 Å². The van der Waals surface area contributed by atoms with E-state index in [9.17, 15) is 9.59 Å². The van der Waals surface area contributed by atoms with E-state index in [1.165, 1.54) is 0 Å². The fraction of sp³-hybridized carbons (Fsp3) is 0.357. The van der Waals surface area contributed by atoms with Crippen molar-refractivity contribution >= 4 is 12.0 Å². The number of nitrogens with one attached hydrogen (secondary N) is 2. The third-order valence-corrected chi connectivity index (χ3v) is 3.63. The van der Waals surface area contributed by atoms with Crippen molar-refractivity contribution in [1.82, 2.24) is 10.6 Å². The number of amides is 2. The number of carbonyl (C=O) groups is 2. The van der Waals surface area contributed by atoms with Crippen LogP contribution in [0.2, 0.25) is 0 Å². The zero-order valence-electron chi connectivity index (χ0n) is 10.7. The summed E-state index contributed by atoms with van der Waals surface area (Å²) in [5, 5.41) is 14.3. The Morgan fingerprint density at radius 2 is 2.30 bits per heavy atom. The second-order valence-corrected chi connectivity index (χ2v) is 5.04. The van der Waals surface area contributed by atoms with Crippen LogP contribution in [-0.4, -0.2) is 24.6 Å². The minimum absolute atomic E-state index is 0.193. The highest BCUT2D eigenvalue weighted by Crippen LogP contribution is 2.45. The lowest BCUT2D eigenvalue weighted by Gasteiger charge is -2.19. The first-order chi connectivity index (χ1) is 9.63. The number of nitrogens with zero attached hydrogens (tertiary/aromatic N) is 1. The van der Waals surface area contributed by atoms with Crippen LogP contribution in [-0.2, 0) is 15.1 Å². The van der Waals surface area contributed by atoms with Gasteiger partial charge in [-0.3, -0.25) is 4.79 Å². The molecule has 0 spiro atoms. The number of alkyl carbamates (subject to hydrolysis) is 1. The zero-order chi connectivity index (χ0) is 14.2. The number of benzene rings is 1. The first-order valence-corrected chi connectivity index (χ1v) is 6.40. The summed E-state index contributed by atoms with van der Waals surface area (Å²) in [6, 6.07) is 9.30. The second-order valence-electron chi connectivity index (χ2n) is 5.04. The van der Waals surface area contributed by atoms with Crippen LogP contribution < -0.4 is 10.6 Å². The van der Waals surface area contributed by atoms with Gasteiger partial charge in [0.1, 0.15) is 0 Å². The van der Waals surface area contributed by atoms with E-state index >= 15 is 0 Å². The fourth-order valence-electron chi connectivity index (χ4n) is 2.35. The molecule has 1 saturated carbocycles. The monoisotopic (exact) mass is 271 g/mol. The predicted octanol–water partition coefficient (Wildman–Crippen LogP) is 0.772. The second kappa shape index (κ2) is 4.53. The van der Waals surface area contributed by atoms with Gasteiger partial charge in [-0.2, -0.15) is 5.26 Å². The van der Waals surface area contributed by atoms with Crippen LogP contribution in [0.15, 0.2) is 24.3 Å².